The minimum absolute atomic E-state index is 0.0727. The van der Waals surface area contributed by atoms with Gasteiger partial charge in [0.2, 0.25) is 0 Å². The Bertz CT molecular complexity index is 709. The molecule has 2 aromatic rings. The fourth-order valence-electron chi connectivity index (χ4n) is 2.35. The Morgan fingerprint density at radius 3 is 2.89 bits per heavy atom. The van der Waals surface area contributed by atoms with Crippen LogP contribution in [0.2, 0.25) is 0 Å². The highest BCUT2D eigenvalue weighted by Gasteiger charge is 2.34. The summed E-state index contributed by atoms with van der Waals surface area (Å²) < 4.78 is 11.2. The Kier molecular flexibility index (Phi) is 2.52. The van der Waals surface area contributed by atoms with Crippen LogP contribution in [-0.2, 0) is 6.42 Å². The molecule has 0 radical (unpaired) electrons. The van der Waals surface area contributed by atoms with Crippen LogP contribution in [0.1, 0.15) is 19.4 Å². The molecule has 0 aliphatic carbocycles. The normalized spacial score (nSPS) is 18.1. The number of rotatable bonds is 2. The molecular formula is C16H16O3. The van der Waals surface area contributed by atoms with Gasteiger partial charge < -0.3 is 9.15 Å². The molecule has 0 saturated heterocycles. The molecule has 0 saturated carbocycles. The van der Waals surface area contributed by atoms with Gasteiger partial charge in [0.1, 0.15) is 17.4 Å². The molecule has 1 atom stereocenters. The Balaban J connectivity index is 2.06. The summed E-state index contributed by atoms with van der Waals surface area (Å²) in [5.74, 6) is 0.807. The largest absolute Gasteiger partial charge is 0.489 e. The van der Waals surface area contributed by atoms with Gasteiger partial charge in [-0.3, -0.25) is 0 Å². The van der Waals surface area contributed by atoms with Crippen molar-refractivity contribution in [2.45, 2.75) is 26.4 Å². The molecule has 0 spiro atoms. The maximum absolute atomic E-state index is 11.2. The minimum atomic E-state index is -0.339. The zero-order valence-electron chi connectivity index (χ0n) is 11.1. The lowest BCUT2D eigenvalue weighted by Gasteiger charge is -2.27. The van der Waals surface area contributed by atoms with Crippen molar-refractivity contribution < 1.29 is 9.15 Å². The molecule has 3 nitrogen and oxygen atoms in total. The predicted octanol–water partition coefficient (Wildman–Crippen LogP) is 3.31. The van der Waals surface area contributed by atoms with Gasteiger partial charge in [-0.1, -0.05) is 19.9 Å². The van der Waals surface area contributed by atoms with Crippen molar-refractivity contribution in [3.05, 3.63) is 52.9 Å². The van der Waals surface area contributed by atoms with E-state index in [4.69, 9.17) is 9.15 Å². The second kappa shape index (κ2) is 3.98. The summed E-state index contributed by atoms with van der Waals surface area (Å²) in [4.78, 5) is 11.2. The zero-order chi connectivity index (χ0) is 13.6. The average molecular weight is 256 g/mol. The molecule has 1 aliphatic rings. The molecule has 98 valence electrons. The summed E-state index contributed by atoms with van der Waals surface area (Å²) in [6, 6.07) is 7.07. The molecular weight excluding hydrogens is 240 g/mol. The first-order valence-electron chi connectivity index (χ1n) is 6.36. The Labute approximate surface area is 111 Å². The van der Waals surface area contributed by atoms with E-state index in [1.54, 1.807) is 6.07 Å². The SMILES string of the molecule is C=CC(C)(C)C1Cc2cc3ccc(=O)oc3cc2O1. The number of hydrogen-bond donors (Lipinski definition) is 0. The highest BCUT2D eigenvalue weighted by molar-refractivity contribution is 5.79. The number of ether oxygens (including phenoxy) is 1. The second-order valence-corrected chi connectivity index (χ2v) is 5.59. The van der Waals surface area contributed by atoms with E-state index in [1.165, 1.54) is 6.07 Å². The third-order valence-electron chi connectivity index (χ3n) is 3.83. The second-order valence-electron chi connectivity index (χ2n) is 5.59. The number of fused-ring (bicyclic) bond motifs is 2. The van der Waals surface area contributed by atoms with E-state index in [0.29, 0.717) is 5.58 Å². The Morgan fingerprint density at radius 2 is 2.16 bits per heavy atom. The molecule has 3 rings (SSSR count). The molecule has 3 heteroatoms. The van der Waals surface area contributed by atoms with E-state index >= 15 is 0 Å². The van der Waals surface area contributed by atoms with Gasteiger partial charge >= 0.3 is 5.63 Å². The van der Waals surface area contributed by atoms with Crippen LogP contribution >= 0.6 is 0 Å². The van der Waals surface area contributed by atoms with E-state index in [9.17, 15) is 4.79 Å². The Hall–Kier alpha value is -2.03. The van der Waals surface area contributed by atoms with Crippen molar-refractivity contribution in [3.63, 3.8) is 0 Å². The van der Waals surface area contributed by atoms with Gasteiger partial charge in [0, 0.05) is 29.4 Å². The number of benzene rings is 1. The van der Waals surface area contributed by atoms with Crippen LogP contribution in [0.25, 0.3) is 11.0 Å². The first-order chi connectivity index (χ1) is 8.99. The summed E-state index contributed by atoms with van der Waals surface area (Å²) >= 11 is 0. The van der Waals surface area contributed by atoms with Gasteiger partial charge in [-0.25, -0.2) is 4.79 Å². The van der Waals surface area contributed by atoms with Gasteiger partial charge in [0.15, 0.2) is 0 Å². The average Bonchev–Trinajstić information content (AvgIpc) is 2.79. The summed E-state index contributed by atoms with van der Waals surface area (Å²) in [6.07, 6.45) is 2.84. The Morgan fingerprint density at radius 1 is 1.37 bits per heavy atom. The summed E-state index contributed by atoms with van der Waals surface area (Å²) in [6.45, 7) is 8.08. The highest BCUT2D eigenvalue weighted by Crippen LogP contribution is 2.39. The molecule has 0 N–H and O–H groups in total. The van der Waals surface area contributed by atoms with Gasteiger partial charge in [0.05, 0.1) is 0 Å². The van der Waals surface area contributed by atoms with Crippen LogP contribution in [0.4, 0.5) is 0 Å². The lowest BCUT2D eigenvalue weighted by Crippen LogP contribution is -2.31. The van der Waals surface area contributed by atoms with Crippen molar-refractivity contribution in [1.29, 1.82) is 0 Å². The van der Waals surface area contributed by atoms with Crippen molar-refractivity contribution in [2.24, 2.45) is 5.41 Å². The maximum Gasteiger partial charge on any atom is 0.336 e. The molecule has 1 aromatic heterocycles. The van der Waals surface area contributed by atoms with Crippen LogP contribution in [-0.4, -0.2) is 6.10 Å². The van der Waals surface area contributed by atoms with Gasteiger partial charge in [0.25, 0.3) is 0 Å². The standard InChI is InChI=1S/C16H16O3/c1-4-16(2,3)14-8-11-7-10-5-6-15(17)19-12(10)9-13(11)18-14/h4-7,9,14H,1,8H2,2-3H3. The number of hydrogen-bond acceptors (Lipinski definition) is 3. The summed E-state index contributed by atoms with van der Waals surface area (Å²) in [5, 5.41) is 0.930. The lowest BCUT2D eigenvalue weighted by atomic mass is 9.84. The summed E-state index contributed by atoms with van der Waals surface area (Å²) in [7, 11) is 0. The topological polar surface area (TPSA) is 39.4 Å². The van der Waals surface area contributed by atoms with E-state index in [1.807, 2.05) is 18.2 Å². The summed E-state index contributed by atoms with van der Waals surface area (Å²) in [5.41, 5.74) is 1.30. The fraction of sp³-hybridized carbons (Fsp3) is 0.312. The lowest BCUT2D eigenvalue weighted by molar-refractivity contribution is 0.130. The van der Waals surface area contributed by atoms with Gasteiger partial charge in [-0.05, 0) is 17.7 Å². The van der Waals surface area contributed by atoms with E-state index in [0.717, 1.165) is 23.1 Å². The quantitative estimate of drug-likeness (QED) is 0.611. The molecule has 0 fully saturated rings. The smallest absolute Gasteiger partial charge is 0.336 e. The van der Waals surface area contributed by atoms with Crippen molar-refractivity contribution in [1.82, 2.24) is 0 Å². The zero-order valence-corrected chi connectivity index (χ0v) is 11.1. The molecule has 0 amide bonds. The third-order valence-corrected chi connectivity index (χ3v) is 3.83. The third kappa shape index (κ3) is 1.95. The monoisotopic (exact) mass is 256 g/mol. The van der Waals surface area contributed by atoms with E-state index in [2.05, 4.69) is 20.4 Å². The molecule has 2 heterocycles. The van der Waals surface area contributed by atoms with Crippen molar-refractivity contribution >= 4 is 11.0 Å². The van der Waals surface area contributed by atoms with Gasteiger partial charge in [-0.15, -0.1) is 6.58 Å². The van der Waals surface area contributed by atoms with Gasteiger partial charge in [-0.2, -0.15) is 0 Å². The van der Waals surface area contributed by atoms with Crippen LogP contribution in [0.15, 0.2) is 46.1 Å². The van der Waals surface area contributed by atoms with E-state index in [-0.39, 0.29) is 17.1 Å². The molecule has 1 unspecified atom stereocenters. The maximum atomic E-state index is 11.2. The van der Waals surface area contributed by atoms with Crippen LogP contribution < -0.4 is 10.4 Å². The van der Waals surface area contributed by atoms with Crippen LogP contribution in [0.3, 0.4) is 0 Å². The van der Waals surface area contributed by atoms with Crippen molar-refractivity contribution in [2.75, 3.05) is 0 Å². The predicted molar refractivity (Wildman–Crippen MR) is 74.6 cm³/mol. The molecule has 19 heavy (non-hydrogen) atoms. The van der Waals surface area contributed by atoms with Crippen LogP contribution in [0, 0.1) is 5.41 Å². The fourth-order valence-corrected chi connectivity index (χ4v) is 2.35. The molecule has 0 bridgehead atoms. The first kappa shape index (κ1) is 12.0. The molecule has 1 aromatic carbocycles. The van der Waals surface area contributed by atoms with E-state index < -0.39 is 0 Å². The van der Waals surface area contributed by atoms with Crippen molar-refractivity contribution in [3.8, 4) is 5.75 Å². The van der Waals surface area contributed by atoms with Crippen LogP contribution in [0.5, 0.6) is 5.75 Å². The highest BCUT2D eigenvalue weighted by atomic mass is 16.5. The minimum Gasteiger partial charge on any atom is -0.489 e. The molecule has 1 aliphatic heterocycles. The first-order valence-corrected chi connectivity index (χ1v) is 6.36.